The number of nitrogens with zero attached hydrogens (tertiary/aromatic N) is 2. The molecule has 4 N–H and O–H groups in total. The van der Waals surface area contributed by atoms with Crippen molar-refractivity contribution < 1.29 is 0 Å². The summed E-state index contributed by atoms with van der Waals surface area (Å²) in [6, 6.07) is 0. The van der Waals surface area contributed by atoms with Crippen LogP contribution in [-0.2, 0) is 6.54 Å². The molecule has 1 aromatic heterocycles. The zero-order valence-corrected chi connectivity index (χ0v) is 12.6. The summed E-state index contributed by atoms with van der Waals surface area (Å²) >= 11 is 1.57. The summed E-state index contributed by atoms with van der Waals surface area (Å²) in [7, 11) is 0. The number of H-pyrrole nitrogens is 1. The highest BCUT2D eigenvalue weighted by molar-refractivity contribution is 7.99. The van der Waals surface area contributed by atoms with Crippen LogP contribution in [0.25, 0.3) is 0 Å². The van der Waals surface area contributed by atoms with E-state index in [1.165, 1.54) is 0 Å². The lowest BCUT2D eigenvalue weighted by atomic mass is 9.87. The second-order valence-electron chi connectivity index (χ2n) is 5.21. The van der Waals surface area contributed by atoms with E-state index in [2.05, 4.69) is 10.2 Å². The van der Waals surface area contributed by atoms with E-state index >= 15 is 0 Å². The largest absolute Gasteiger partial charge is 0.387 e. The molecule has 108 valence electrons. The zero-order chi connectivity index (χ0) is 14.5. The monoisotopic (exact) mass is 285 g/mol. The molecular weight excluding hydrogens is 262 g/mol. The molecule has 0 saturated heterocycles. The summed E-state index contributed by atoms with van der Waals surface area (Å²) in [4.78, 5) is 11.5. The van der Waals surface area contributed by atoms with Crippen molar-refractivity contribution in [3.63, 3.8) is 0 Å². The minimum absolute atomic E-state index is 0.145. The van der Waals surface area contributed by atoms with Crippen molar-refractivity contribution in [3.8, 4) is 0 Å². The Morgan fingerprint density at radius 2 is 2.26 bits per heavy atom. The number of hydrogen-bond donors (Lipinski definition) is 3. The first-order valence-corrected chi connectivity index (χ1v) is 7.49. The topological polar surface area (TPSA) is 101 Å². The molecule has 1 heterocycles. The van der Waals surface area contributed by atoms with Gasteiger partial charge in [0.1, 0.15) is 0 Å². The van der Waals surface area contributed by atoms with E-state index in [1.54, 1.807) is 16.3 Å². The first-order chi connectivity index (χ1) is 8.88. The van der Waals surface area contributed by atoms with E-state index in [9.17, 15) is 4.79 Å². The summed E-state index contributed by atoms with van der Waals surface area (Å²) in [6.07, 6.45) is 2.70. The zero-order valence-electron chi connectivity index (χ0n) is 11.8. The average molecular weight is 285 g/mol. The van der Waals surface area contributed by atoms with Gasteiger partial charge in [0.15, 0.2) is 5.16 Å². The number of amidine groups is 1. The molecule has 0 radical (unpaired) electrons. The highest BCUT2D eigenvalue weighted by atomic mass is 32.2. The van der Waals surface area contributed by atoms with Gasteiger partial charge >= 0.3 is 5.69 Å². The van der Waals surface area contributed by atoms with Gasteiger partial charge in [-0.2, -0.15) is 0 Å². The van der Waals surface area contributed by atoms with Crippen molar-refractivity contribution in [2.75, 3.05) is 5.75 Å². The predicted octanol–water partition coefficient (Wildman–Crippen LogP) is 1.82. The molecule has 0 atom stereocenters. The molecule has 19 heavy (non-hydrogen) atoms. The Kier molecular flexibility index (Phi) is 5.65. The summed E-state index contributed by atoms with van der Waals surface area (Å²) < 4.78 is 1.67. The van der Waals surface area contributed by atoms with Crippen LogP contribution in [0.2, 0.25) is 0 Å². The van der Waals surface area contributed by atoms with Crippen LogP contribution in [0, 0.1) is 10.8 Å². The van der Waals surface area contributed by atoms with Gasteiger partial charge in [0.05, 0.1) is 5.84 Å². The van der Waals surface area contributed by atoms with Gasteiger partial charge < -0.3 is 5.73 Å². The first kappa shape index (κ1) is 15.8. The van der Waals surface area contributed by atoms with Crippen molar-refractivity contribution in [1.29, 1.82) is 5.41 Å². The maximum atomic E-state index is 11.5. The van der Waals surface area contributed by atoms with Gasteiger partial charge in [-0.25, -0.2) is 9.89 Å². The van der Waals surface area contributed by atoms with E-state index in [4.69, 9.17) is 11.1 Å². The van der Waals surface area contributed by atoms with Crippen LogP contribution in [-0.4, -0.2) is 26.4 Å². The third-order valence-electron chi connectivity index (χ3n) is 3.08. The van der Waals surface area contributed by atoms with E-state index in [0.717, 1.165) is 30.2 Å². The van der Waals surface area contributed by atoms with Gasteiger partial charge in [-0.3, -0.25) is 9.98 Å². The normalized spacial score (nSPS) is 11.7. The van der Waals surface area contributed by atoms with Crippen LogP contribution in [0.3, 0.4) is 0 Å². The molecule has 6 nitrogen and oxygen atoms in total. The Morgan fingerprint density at radius 1 is 1.58 bits per heavy atom. The third-order valence-corrected chi connectivity index (χ3v) is 4.14. The number of rotatable bonds is 8. The molecule has 0 unspecified atom stereocenters. The molecule has 0 aliphatic heterocycles. The van der Waals surface area contributed by atoms with Gasteiger partial charge in [0.25, 0.3) is 0 Å². The summed E-state index contributed by atoms with van der Waals surface area (Å²) in [5, 5.41) is 14.7. The van der Waals surface area contributed by atoms with Crippen molar-refractivity contribution in [3.05, 3.63) is 10.5 Å². The number of hydrogen-bond acceptors (Lipinski definition) is 4. The third kappa shape index (κ3) is 4.41. The smallest absolute Gasteiger partial charge is 0.343 e. The number of thioether (sulfide) groups is 1. The van der Waals surface area contributed by atoms with Crippen LogP contribution in [0.4, 0.5) is 0 Å². The minimum Gasteiger partial charge on any atom is -0.387 e. The lowest BCUT2D eigenvalue weighted by Crippen LogP contribution is -2.30. The Morgan fingerprint density at radius 3 is 2.84 bits per heavy atom. The molecule has 1 rings (SSSR count). The SMILES string of the molecule is CCCn1c(SCCCC(C)(C)C(=N)N)n[nH]c1=O. The standard InChI is InChI=1S/C12H23N5OS/c1-4-7-17-10(18)15-16-11(17)19-8-5-6-12(2,3)9(13)14/h4-8H2,1-3H3,(H3,13,14)(H,15,18). The van der Waals surface area contributed by atoms with Crippen molar-refractivity contribution in [1.82, 2.24) is 14.8 Å². The van der Waals surface area contributed by atoms with Crippen molar-refractivity contribution in [2.24, 2.45) is 11.1 Å². The Balaban J connectivity index is 2.46. The quantitative estimate of drug-likeness (QED) is 0.293. The highest BCUT2D eigenvalue weighted by Crippen LogP contribution is 2.24. The molecule has 0 aromatic carbocycles. The summed E-state index contributed by atoms with van der Waals surface area (Å²) in [6.45, 7) is 6.67. The second-order valence-corrected chi connectivity index (χ2v) is 6.27. The van der Waals surface area contributed by atoms with Crippen LogP contribution in [0.1, 0.15) is 40.0 Å². The number of aromatic amines is 1. The van der Waals surface area contributed by atoms with Crippen LogP contribution < -0.4 is 11.4 Å². The lowest BCUT2D eigenvalue weighted by molar-refractivity contribution is 0.464. The number of nitrogens with two attached hydrogens (primary N) is 1. The molecule has 0 bridgehead atoms. The van der Waals surface area contributed by atoms with E-state index in [0.29, 0.717) is 6.54 Å². The van der Waals surface area contributed by atoms with E-state index in [1.807, 2.05) is 20.8 Å². The Hall–Kier alpha value is -1.24. The van der Waals surface area contributed by atoms with Gasteiger partial charge in [0, 0.05) is 17.7 Å². The molecule has 0 saturated carbocycles. The Labute approximate surface area is 117 Å². The number of aromatic nitrogens is 3. The maximum Gasteiger partial charge on any atom is 0.343 e. The van der Waals surface area contributed by atoms with Crippen LogP contribution >= 0.6 is 11.8 Å². The van der Waals surface area contributed by atoms with E-state index in [-0.39, 0.29) is 16.9 Å². The minimum atomic E-state index is -0.255. The predicted molar refractivity (Wildman–Crippen MR) is 78.8 cm³/mol. The van der Waals surface area contributed by atoms with Crippen molar-refractivity contribution >= 4 is 17.6 Å². The average Bonchev–Trinajstić information content (AvgIpc) is 2.67. The molecule has 0 aliphatic rings. The fourth-order valence-corrected chi connectivity index (χ4v) is 2.56. The van der Waals surface area contributed by atoms with Crippen molar-refractivity contribution in [2.45, 2.75) is 51.7 Å². The molecule has 0 aliphatic carbocycles. The fourth-order valence-electron chi connectivity index (χ4n) is 1.65. The van der Waals surface area contributed by atoms with Crippen LogP contribution in [0.15, 0.2) is 9.95 Å². The summed E-state index contributed by atoms with van der Waals surface area (Å²) in [5.74, 6) is 1.09. The Bertz CT molecular complexity index is 477. The molecule has 7 heteroatoms. The van der Waals surface area contributed by atoms with Gasteiger partial charge in [-0.15, -0.1) is 5.10 Å². The molecule has 0 amide bonds. The van der Waals surface area contributed by atoms with Gasteiger partial charge in [-0.1, -0.05) is 32.5 Å². The van der Waals surface area contributed by atoms with Gasteiger partial charge in [0.2, 0.25) is 0 Å². The molecule has 1 aromatic rings. The molecular formula is C12H23N5OS. The maximum absolute atomic E-state index is 11.5. The second kappa shape index (κ2) is 6.79. The molecule has 0 fully saturated rings. The number of nitrogens with one attached hydrogen (secondary N) is 2. The van der Waals surface area contributed by atoms with E-state index < -0.39 is 0 Å². The highest BCUT2D eigenvalue weighted by Gasteiger charge is 2.20. The lowest BCUT2D eigenvalue weighted by Gasteiger charge is -2.22. The van der Waals surface area contributed by atoms with Gasteiger partial charge in [-0.05, 0) is 19.3 Å². The van der Waals surface area contributed by atoms with Crippen LogP contribution in [0.5, 0.6) is 0 Å². The fraction of sp³-hybridized carbons (Fsp3) is 0.750. The molecule has 0 spiro atoms. The summed E-state index contributed by atoms with van der Waals surface area (Å²) in [5.41, 5.74) is 5.14. The first-order valence-electron chi connectivity index (χ1n) is 6.51.